The van der Waals surface area contributed by atoms with Gasteiger partial charge in [-0.05, 0) is 44.5 Å². The number of hydrogen-bond donors (Lipinski definition) is 1. The van der Waals surface area contributed by atoms with Crippen molar-refractivity contribution < 1.29 is 9.72 Å². The number of carbonyl (C=O) groups is 1. The standard InChI is InChI=1S/C22H27N3O3/c1-16-19(12-8-14-21(16)25(27)28)22(26)23-20-13-7-6-9-17(20)15-24(2)18-10-4-3-5-11-18/h6-9,12-14,18H,3-5,10-11,15H2,1-2H3,(H,23,26). The fourth-order valence-corrected chi connectivity index (χ4v) is 3.96. The highest BCUT2D eigenvalue weighted by Crippen LogP contribution is 2.26. The van der Waals surface area contributed by atoms with E-state index >= 15 is 0 Å². The quantitative estimate of drug-likeness (QED) is 0.569. The third-order valence-corrected chi connectivity index (χ3v) is 5.63. The maximum Gasteiger partial charge on any atom is 0.273 e. The summed E-state index contributed by atoms with van der Waals surface area (Å²) in [4.78, 5) is 25.9. The minimum atomic E-state index is -0.459. The van der Waals surface area contributed by atoms with E-state index in [1.54, 1.807) is 19.1 Å². The first-order chi connectivity index (χ1) is 13.5. The van der Waals surface area contributed by atoms with E-state index < -0.39 is 4.92 Å². The molecular formula is C22H27N3O3. The first kappa shape index (κ1) is 20.0. The third-order valence-electron chi connectivity index (χ3n) is 5.63. The highest BCUT2D eigenvalue weighted by molar-refractivity contribution is 6.06. The minimum absolute atomic E-state index is 0.0435. The van der Waals surface area contributed by atoms with Gasteiger partial charge in [0, 0.05) is 35.5 Å². The summed E-state index contributed by atoms with van der Waals surface area (Å²) in [5.41, 5.74) is 2.46. The number of amides is 1. The van der Waals surface area contributed by atoms with Crippen molar-refractivity contribution in [3.05, 3.63) is 69.3 Å². The van der Waals surface area contributed by atoms with E-state index in [-0.39, 0.29) is 11.6 Å². The molecule has 1 amide bonds. The molecule has 1 fully saturated rings. The van der Waals surface area contributed by atoms with Crippen LogP contribution in [0.1, 0.15) is 53.6 Å². The van der Waals surface area contributed by atoms with E-state index in [9.17, 15) is 14.9 Å². The summed E-state index contributed by atoms with van der Waals surface area (Å²) in [6.45, 7) is 2.37. The molecule has 2 aromatic rings. The van der Waals surface area contributed by atoms with Crippen molar-refractivity contribution in [3.63, 3.8) is 0 Å². The number of nitrogens with one attached hydrogen (secondary N) is 1. The normalized spacial score (nSPS) is 14.8. The number of hydrogen-bond acceptors (Lipinski definition) is 4. The van der Waals surface area contributed by atoms with Crippen LogP contribution >= 0.6 is 0 Å². The van der Waals surface area contributed by atoms with Crippen LogP contribution in [-0.4, -0.2) is 28.8 Å². The van der Waals surface area contributed by atoms with Gasteiger partial charge in [0.15, 0.2) is 0 Å². The fraction of sp³-hybridized carbons (Fsp3) is 0.409. The maximum absolute atomic E-state index is 12.8. The van der Waals surface area contributed by atoms with Crippen molar-refractivity contribution in [2.75, 3.05) is 12.4 Å². The van der Waals surface area contributed by atoms with Gasteiger partial charge in [-0.25, -0.2) is 0 Å². The Morgan fingerprint density at radius 1 is 1.14 bits per heavy atom. The van der Waals surface area contributed by atoms with Crippen molar-refractivity contribution >= 4 is 17.3 Å². The molecule has 0 saturated heterocycles. The zero-order chi connectivity index (χ0) is 20.1. The van der Waals surface area contributed by atoms with Crippen molar-refractivity contribution in [2.24, 2.45) is 0 Å². The average molecular weight is 381 g/mol. The van der Waals surface area contributed by atoms with Crippen LogP contribution in [0.25, 0.3) is 0 Å². The molecule has 0 bridgehead atoms. The van der Waals surface area contributed by atoms with Crippen LogP contribution in [0.15, 0.2) is 42.5 Å². The molecule has 1 N–H and O–H groups in total. The predicted molar refractivity (Wildman–Crippen MR) is 111 cm³/mol. The molecule has 0 atom stereocenters. The van der Waals surface area contributed by atoms with Crippen LogP contribution in [0.2, 0.25) is 0 Å². The first-order valence-corrected chi connectivity index (χ1v) is 9.81. The molecule has 6 nitrogen and oxygen atoms in total. The number of rotatable bonds is 6. The Morgan fingerprint density at radius 3 is 2.57 bits per heavy atom. The van der Waals surface area contributed by atoms with Crippen LogP contribution in [-0.2, 0) is 6.54 Å². The summed E-state index contributed by atoms with van der Waals surface area (Å²) in [6, 6.07) is 12.9. The van der Waals surface area contributed by atoms with E-state index in [1.165, 1.54) is 38.2 Å². The lowest BCUT2D eigenvalue weighted by Gasteiger charge is -2.31. The van der Waals surface area contributed by atoms with Crippen LogP contribution in [0.5, 0.6) is 0 Å². The predicted octanol–water partition coefficient (Wildman–Crippen LogP) is 4.92. The SMILES string of the molecule is Cc1c(C(=O)Nc2ccccc2CN(C)C2CCCCC2)cccc1[N+](=O)[O-]. The Labute approximate surface area is 165 Å². The number of para-hydroxylation sites is 1. The van der Waals surface area contributed by atoms with E-state index in [4.69, 9.17) is 0 Å². The lowest BCUT2D eigenvalue weighted by molar-refractivity contribution is -0.385. The molecule has 3 rings (SSSR count). The maximum atomic E-state index is 12.8. The lowest BCUT2D eigenvalue weighted by atomic mass is 9.94. The molecular weight excluding hydrogens is 354 g/mol. The second-order valence-electron chi connectivity index (χ2n) is 7.53. The fourth-order valence-electron chi connectivity index (χ4n) is 3.96. The van der Waals surface area contributed by atoms with Crippen molar-refractivity contribution in [2.45, 2.75) is 51.6 Å². The summed E-state index contributed by atoms with van der Waals surface area (Å²) in [5.74, 6) is -0.325. The minimum Gasteiger partial charge on any atom is -0.322 e. The molecule has 0 unspecified atom stereocenters. The molecule has 0 radical (unpaired) electrons. The Morgan fingerprint density at radius 2 is 1.86 bits per heavy atom. The lowest BCUT2D eigenvalue weighted by Crippen LogP contribution is -2.33. The van der Waals surface area contributed by atoms with Gasteiger partial charge in [-0.3, -0.25) is 19.8 Å². The molecule has 0 aliphatic heterocycles. The van der Waals surface area contributed by atoms with Gasteiger partial charge in [-0.2, -0.15) is 0 Å². The Balaban J connectivity index is 1.77. The number of anilines is 1. The van der Waals surface area contributed by atoms with Gasteiger partial charge >= 0.3 is 0 Å². The zero-order valence-electron chi connectivity index (χ0n) is 16.5. The molecule has 2 aromatic carbocycles. The number of carbonyl (C=O) groups excluding carboxylic acids is 1. The van der Waals surface area contributed by atoms with E-state index in [0.717, 1.165) is 17.8 Å². The molecule has 0 heterocycles. The van der Waals surface area contributed by atoms with Gasteiger partial charge in [-0.1, -0.05) is 43.5 Å². The second kappa shape index (κ2) is 8.97. The molecule has 1 saturated carbocycles. The summed E-state index contributed by atoms with van der Waals surface area (Å²) >= 11 is 0. The molecule has 0 aromatic heterocycles. The highest BCUT2D eigenvalue weighted by Gasteiger charge is 2.21. The molecule has 28 heavy (non-hydrogen) atoms. The van der Waals surface area contributed by atoms with Gasteiger partial charge in [0.1, 0.15) is 0 Å². The molecule has 148 valence electrons. The number of nitrogens with zero attached hydrogens (tertiary/aromatic N) is 2. The average Bonchev–Trinajstić information content (AvgIpc) is 2.70. The van der Waals surface area contributed by atoms with Crippen LogP contribution in [0.4, 0.5) is 11.4 Å². The van der Waals surface area contributed by atoms with E-state index in [0.29, 0.717) is 17.2 Å². The summed E-state index contributed by atoms with van der Waals surface area (Å²) in [5, 5.41) is 14.1. The van der Waals surface area contributed by atoms with Gasteiger partial charge in [-0.15, -0.1) is 0 Å². The van der Waals surface area contributed by atoms with Gasteiger partial charge < -0.3 is 5.32 Å². The largest absolute Gasteiger partial charge is 0.322 e. The first-order valence-electron chi connectivity index (χ1n) is 9.81. The van der Waals surface area contributed by atoms with Gasteiger partial charge in [0.2, 0.25) is 0 Å². The van der Waals surface area contributed by atoms with Crippen molar-refractivity contribution in [3.8, 4) is 0 Å². The second-order valence-corrected chi connectivity index (χ2v) is 7.53. The Bertz CT molecular complexity index is 860. The number of benzene rings is 2. The molecule has 0 spiro atoms. The Kier molecular flexibility index (Phi) is 6.41. The van der Waals surface area contributed by atoms with Gasteiger partial charge in [0.25, 0.3) is 11.6 Å². The smallest absolute Gasteiger partial charge is 0.273 e. The molecule has 6 heteroatoms. The third kappa shape index (κ3) is 4.57. The molecule has 1 aliphatic rings. The van der Waals surface area contributed by atoms with Crippen LogP contribution in [0, 0.1) is 17.0 Å². The number of nitro groups is 1. The van der Waals surface area contributed by atoms with E-state index in [1.807, 2.05) is 24.3 Å². The summed E-state index contributed by atoms with van der Waals surface area (Å²) < 4.78 is 0. The highest BCUT2D eigenvalue weighted by atomic mass is 16.6. The van der Waals surface area contributed by atoms with Crippen molar-refractivity contribution in [1.29, 1.82) is 0 Å². The monoisotopic (exact) mass is 381 g/mol. The number of nitro benzene ring substituents is 1. The van der Waals surface area contributed by atoms with Crippen LogP contribution < -0.4 is 5.32 Å². The van der Waals surface area contributed by atoms with Gasteiger partial charge in [0.05, 0.1) is 4.92 Å². The summed E-state index contributed by atoms with van der Waals surface area (Å²) in [7, 11) is 2.14. The van der Waals surface area contributed by atoms with E-state index in [2.05, 4.69) is 17.3 Å². The molecule has 1 aliphatic carbocycles. The zero-order valence-corrected chi connectivity index (χ0v) is 16.5. The topological polar surface area (TPSA) is 75.5 Å². The Hall–Kier alpha value is -2.73. The van der Waals surface area contributed by atoms with Crippen molar-refractivity contribution in [1.82, 2.24) is 4.90 Å². The van der Waals surface area contributed by atoms with Crippen LogP contribution in [0.3, 0.4) is 0 Å². The summed E-state index contributed by atoms with van der Waals surface area (Å²) in [6.07, 6.45) is 6.31.